The highest BCUT2D eigenvalue weighted by molar-refractivity contribution is 6.21. The second-order valence-corrected chi connectivity index (χ2v) is 1.46. The van der Waals surface area contributed by atoms with Crippen LogP contribution in [-0.2, 0) is 0 Å². The Hall–Kier alpha value is -0.595. The van der Waals surface area contributed by atoms with Gasteiger partial charge in [0.25, 0.3) is 0 Å². The van der Waals surface area contributed by atoms with Crippen LogP contribution in [0.25, 0.3) is 0 Å². The monoisotopic (exact) mass is 99.1 g/mol. The molecule has 0 radical (unpaired) electrons. The molecule has 0 heterocycles. The van der Waals surface area contributed by atoms with Crippen molar-refractivity contribution in [3.63, 3.8) is 0 Å². The topological polar surface area (TPSA) is 32.3 Å². The third-order valence-electron chi connectivity index (χ3n) is 0.918. The zero-order chi connectivity index (χ0) is 5.86. The molecule has 0 aliphatic rings. The average molecular weight is 98.9 g/mol. The molecule has 0 bridgehead atoms. The summed E-state index contributed by atoms with van der Waals surface area (Å²) >= 11 is 0. The minimum atomic E-state index is 0.350. The van der Waals surface area contributed by atoms with Crippen LogP contribution < -0.4 is 5.32 Å². The zero-order valence-electron chi connectivity index (χ0n) is 4.95. The Balaban J connectivity index is 3.72. The van der Waals surface area contributed by atoms with Gasteiger partial charge in [-0.15, -0.1) is 0 Å². The Bertz CT molecular complexity index is 85.7. The normalized spacial score (nSPS) is 12.9. The second-order valence-electron chi connectivity index (χ2n) is 1.46. The number of hydrogen-bond acceptors (Lipinski definition) is 2. The third-order valence-corrected chi connectivity index (χ3v) is 0.918. The Morgan fingerprint density at radius 3 is 2.14 bits per heavy atom. The molecular formula is C4H10BNO. The van der Waals surface area contributed by atoms with Crippen LogP contribution in [-0.4, -0.2) is 20.0 Å². The van der Waals surface area contributed by atoms with Gasteiger partial charge in [0.2, 0.25) is 0 Å². The van der Waals surface area contributed by atoms with E-state index in [1.165, 1.54) is 0 Å². The number of aliphatic hydroxyl groups is 1. The molecule has 0 aliphatic heterocycles. The SMILES string of the molecule is B/C(NC)=C(/C)O. The predicted octanol–water partition coefficient (Wildman–Crippen LogP) is -0.414. The van der Waals surface area contributed by atoms with E-state index in [9.17, 15) is 0 Å². The summed E-state index contributed by atoms with van der Waals surface area (Å²) in [6.45, 7) is 1.64. The number of rotatable bonds is 1. The molecule has 2 N–H and O–H groups in total. The quantitative estimate of drug-likeness (QED) is 0.345. The van der Waals surface area contributed by atoms with Crippen molar-refractivity contribution < 1.29 is 5.11 Å². The van der Waals surface area contributed by atoms with Gasteiger partial charge in [-0.2, -0.15) is 0 Å². The van der Waals surface area contributed by atoms with Gasteiger partial charge in [0.15, 0.2) is 7.85 Å². The van der Waals surface area contributed by atoms with Crippen molar-refractivity contribution in [2.75, 3.05) is 7.05 Å². The molecule has 3 heteroatoms. The van der Waals surface area contributed by atoms with Gasteiger partial charge in [0.1, 0.15) is 0 Å². The highest BCUT2D eigenvalue weighted by atomic mass is 16.3. The van der Waals surface area contributed by atoms with Gasteiger partial charge < -0.3 is 10.4 Å². The molecule has 0 aliphatic carbocycles. The van der Waals surface area contributed by atoms with E-state index in [0.29, 0.717) is 5.76 Å². The van der Waals surface area contributed by atoms with Gasteiger partial charge in [0.05, 0.1) is 5.76 Å². The van der Waals surface area contributed by atoms with Gasteiger partial charge in [-0.05, 0) is 6.92 Å². The van der Waals surface area contributed by atoms with Crippen LogP contribution in [0.2, 0.25) is 0 Å². The Morgan fingerprint density at radius 1 is 1.71 bits per heavy atom. The molecular weight excluding hydrogens is 88.9 g/mol. The lowest BCUT2D eigenvalue weighted by molar-refractivity contribution is 0.407. The average Bonchev–Trinajstić information content (AvgIpc) is 1.65. The van der Waals surface area contributed by atoms with E-state index in [1.807, 2.05) is 7.85 Å². The van der Waals surface area contributed by atoms with Crippen molar-refractivity contribution in [2.24, 2.45) is 0 Å². The lowest BCUT2D eigenvalue weighted by atomic mass is 10.0. The minimum absolute atomic E-state index is 0.350. The van der Waals surface area contributed by atoms with E-state index in [0.717, 1.165) is 5.60 Å². The first-order valence-electron chi connectivity index (χ1n) is 2.22. The zero-order valence-corrected chi connectivity index (χ0v) is 4.95. The smallest absolute Gasteiger partial charge is 0.164 e. The maximum Gasteiger partial charge on any atom is 0.164 e. The third kappa shape index (κ3) is 2.14. The predicted molar refractivity (Wildman–Crippen MR) is 32.9 cm³/mol. The Kier molecular flexibility index (Phi) is 2.34. The van der Waals surface area contributed by atoms with Crippen molar-refractivity contribution in [1.82, 2.24) is 5.32 Å². The Labute approximate surface area is 44.6 Å². The van der Waals surface area contributed by atoms with Crippen LogP contribution in [0.5, 0.6) is 0 Å². The van der Waals surface area contributed by atoms with Crippen LogP contribution in [0.3, 0.4) is 0 Å². The van der Waals surface area contributed by atoms with Crippen LogP contribution in [0, 0.1) is 0 Å². The second kappa shape index (κ2) is 2.56. The molecule has 0 fully saturated rings. The van der Waals surface area contributed by atoms with Gasteiger partial charge >= 0.3 is 0 Å². The fourth-order valence-corrected chi connectivity index (χ4v) is 0.181. The molecule has 0 unspecified atom stereocenters. The molecule has 0 amide bonds. The van der Waals surface area contributed by atoms with Crippen molar-refractivity contribution in [2.45, 2.75) is 6.92 Å². The summed E-state index contributed by atoms with van der Waals surface area (Å²) in [5.41, 5.74) is 0.819. The summed E-state index contributed by atoms with van der Waals surface area (Å²) in [4.78, 5) is 0. The molecule has 0 spiro atoms. The molecule has 0 aromatic carbocycles. The first-order valence-corrected chi connectivity index (χ1v) is 2.22. The van der Waals surface area contributed by atoms with Gasteiger partial charge in [-0.25, -0.2) is 0 Å². The summed E-state index contributed by atoms with van der Waals surface area (Å²) in [7, 11) is 3.59. The molecule has 2 nitrogen and oxygen atoms in total. The maximum atomic E-state index is 8.64. The van der Waals surface area contributed by atoms with E-state index in [-0.39, 0.29) is 0 Å². The van der Waals surface area contributed by atoms with Gasteiger partial charge in [-0.1, -0.05) is 0 Å². The molecule has 40 valence electrons. The van der Waals surface area contributed by atoms with Crippen LogP contribution >= 0.6 is 0 Å². The molecule has 0 saturated heterocycles. The number of hydrogen-bond donors (Lipinski definition) is 2. The first kappa shape index (κ1) is 6.40. The van der Waals surface area contributed by atoms with Crippen LogP contribution in [0.15, 0.2) is 11.4 Å². The van der Waals surface area contributed by atoms with E-state index in [2.05, 4.69) is 5.32 Å². The van der Waals surface area contributed by atoms with E-state index >= 15 is 0 Å². The van der Waals surface area contributed by atoms with Crippen molar-refractivity contribution in [3.05, 3.63) is 11.4 Å². The summed E-state index contributed by atoms with van der Waals surface area (Å²) < 4.78 is 0. The first-order chi connectivity index (χ1) is 3.18. The van der Waals surface area contributed by atoms with Gasteiger partial charge in [-0.3, -0.25) is 0 Å². The maximum absolute atomic E-state index is 8.64. The molecule has 0 rings (SSSR count). The number of aliphatic hydroxyl groups excluding tert-OH is 1. The lowest BCUT2D eigenvalue weighted by Crippen LogP contribution is -2.07. The lowest BCUT2D eigenvalue weighted by Gasteiger charge is -1.97. The summed E-state index contributed by atoms with van der Waals surface area (Å²) in [5.74, 6) is 0.350. The van der Waals surface area contributed by atoms with E-state index in [1.54, 1.807) is 14.0 Å². The standard InChI is InChI=1S/C4H10BNO/c1-3(7)4(5)6-2/h6-7H,5H2,1-2H3/b4-3+. The number of nitrogens with one attached hydrogen (secondary N) is 1. The molecule has 0 saturated carbocycles. The van der Waals surface area contributed by atoms with Crippen molar-refractivity contribution >= 4 is 7.85 Å². The summed E-state index contributed by atoms with van der Waals surface area (Å²) in [6, 6.07) is 0. The summed E-state index contributed by atoms with van der Waals surface area (Å²) in [6.07, 6.45) is 0. The van der Waals surface area contributed by atoms with E-state index < -0.39 is 0 Å². The van der Waals surface area contributed by atoms with Crippen molar-refractivity contribution in [1.29, 1.82) is 0 Å². The summed E-state index contributed by atoms with van der Waals surface area (Å²) in [5, 5.41) is 11.4. The molecule has 0 atom stereocenters. The number of allylic oxidation sites excluding steroid dienone is 1. The van der Waals surface area contributed by atoms with Crippen LogP contribution in [0.1, 0.15) is 6.92 Å². The molecule has 0 aromatic rings. The fraction of sp³-hybridized carbons (Fsp3) is 0.500. The van der Waals surface area contributed by atoms with Crippen molar-refractivity contribution in [3.8, 4) is 0 Å². The fourth-order valence-electron chi connectivity index (χ4n) is 0.181. The largest absolute Gasteiger partial charge is 0.512 e. The highest BCUT2D eigenvalue weighted by Gasteiger charge is 1.84. The molecule has 7 heavy (non-hydrogen) atoms. The van der Waals surface area contributed by atoms with E-state index in [4.69, 9.17) is 5.11 Å². The Morgan fingerprint density at radius 2 is 2.14 bits per heavy atom. The molecule has 0 aromatic heterocycles. The van der Waals surface area contributed by atoms with Gasteiger partial charge in [0, 0.05) is 12.6 Å². The highest BCUT2D eigenvalue weighted by Crippen LogP contribution is 1.86. The van der Waals surface area contributed by atoms with Crippen LogP contribution in [0.4, 0.5) is 0 Å². The minimum Gasteiger partial charge on any atom is -0.512 e.